The maximum absolute atomic E-state index is 12.2. The number of hydrogen-bond acceptors (Lipinski definition) is 3. The van der Waals surface area contributed by atoms with Crippen molar-refractivity contribution in [2.45, 2.75) is 32.1 Å². The van der Waals surface area contributed by atoms with E-state index in [1.807, 2.05) is 18.2 Å². The van der Waals surface area contributed by atoms with Crippen LogP contribution in [0.3, 0.4) is 0 Å². The van der Waals surface area contributed by atoms with Gasteiger partial charge in [-0.2, -0.15) is 0 Å². The SMILES string of the molecule is O=C1CCCc2cc(NC(=O)C3CCCNC3)ccc2N1. The zero-order valence-electron chi connectivity index (χ0n) is 12.1. The van der Waals surface area contributed by atoms with Crippen LogP contribution in [-0.4, -0.2) is 24.9 Å². The predicted molar refractivity (Wildman–Crippen MR) is 82.2 cm³/mol. The Balaban J connectivity index is 1.70. The summed E-state index contributed by atoms with van der Waals surface area (Å²) in [6, 6.07) is 5.72. The van der Waals surface area contributed by atoms with E-state index in [1.165, 1.54) is 0 Å². The maximum Gasteiger partial charge on any atom is 0.228 e. The Morgan fingerprint density at radius 2 is 2.14 bits per heavy atom. The summed E-state index contributed by atoms with van der Waals surface area (Å²) in [7, 11) is 0. The molecule has 0 saturated carbocycles. The van der Waals surface area contributed by atoms with Crippen LogP contribution in [0.15, 0.2) is 18.2 Å². The average molecular weight is 287 g/mol. The number of carbonyl (C=O) groups excluding carboxylic acids is 2. The molecule has 5 nitrogen and oxygen atoms in total. The lowest BCUT2D eigenvalue weighted by Gasteiger charge is -2.22. The van der Waals surface area contributed by atoms with Crippen molar-refractivity contribution in [1.29, 1.82) is 0 Å². The van der Waals surface area contributed by atoms with Crippen molar-refractivity contribution in [1.82, 2.24) is 5.32 Å². The smallest absolute Gasteiger partial charge is 0.228 e. The summed E-state index contributed by atoms with van der Waals surface area (Å²) in [4.78, 5) is 23.8. The van der Waals surface area contributed by atoms with Gasteiger partial charge in [-0.3, -0.25) is 9.59 Å². The van der Waals surface area contributed by atoms with Crippen LogP contribution < -0.4 is 16.0 Å². The van der Waals surface area contributed by atoms with Crippen LogP contribution in [0.5, 0.6) is 0 Å². The van der Waals surface area contributed by atoms with Gasteiger partial charge in [0.15, 0.2) is 0 Å². The van der Waals surface area contributed by atoms with E-state index in [0.717, 1.165) is 55.7 Å². The summed E-state index contributed by atoms with van der Waals surface area (Å²) in [5.41, 5.74) is 2.79. The first-order valence-corrected chi connectivity index (χ1v) is 7.67. The summed E-state index contributed by atoms with van der Waals surface area (Å²) in [6.07, 6.45) is 4.27. The number of piperidine rings is 1. The van der Waals surface area contributed by atoms with Gasteiger partial charge in [-0.1, -0.05) is 0 Å². The normalized spacial score (nSPS) is 21.9. The van der Waals surface area contributed by atoms with E-state index >= 15 is 0 Å². The highest BCUT2D eigenvalue weighted by atomic mass is 16.2. The molecule has 3 N–H and O–H groups in total. The van der Waals surface area contributed by atoms with Crippen LogP contribution in [0.2, 0.25) is 0 Å². The second-order valence-electron chi connectivity index (χ2n) is 5.81. The monoisotopic (exact) mass is 287 g/mol. The first-order chi connectivity index (χ1) is 10.2. The number of carbonyl (C=O) groups is 2. The molecule has 0 aliphatic carbocycles. The van der Waals surface area contributed by atoms with Crippen molar-refractivity contribution in [3.8, 4) is 0 Å². The Bertz CT molecular complexity index is 550. The second kappa shape index (κ2) is 6.26. The molecule has 0 aromatic heterocycles. The molecular formula is C16H21N3O2. The van der Waals surface area contributed by atoms with Gasteiger partial charge in [0.1, 0.15) is 0 Å². The average Bonchev–Trinajstić information content (AvgIpc) is 2.68. The van der Waals surface area contributed by atoms with Crippen molar-refractivity contribution >= 4 is 23.2 Å². The Morgan fingerprint density at radius 3 is 2.95 bits per heavy atom. The number of hydrogen-bond donors (Lipinski definition) is 3. The number of anilines is 2. The minimum absolute atomic E-state index is 0.0530. The Morgan fingerprint density at radius 1 is 1.24 bits per heavy atom. The van der Waals surface area contributed by atoms with Crippen LogP contribution in [0, 0.1) is 5.92 Å². The summed E-state index contributed by atoms with van der Waals surface area (Å²) < 4.78 is 0. The van der Waals surface area contributed by atoms with Crippen LogP contribution in [-0.2, 0) is 16.0 Å². The van der Waals surface area contributed by atoms with Gasteiger partial charge in [0.25, 0.3) is 0 Å². The topological polar surface area (TPSA) is 70.2 Å². The van der Waals surface area contributed by atoms with Crippen molar-refractivity contribution in [2.75, 3.05) is 23.7 Å². The first-order valence-electron chi connectivity index (χ1n) is 7.67. The van der Waals surface area contributed by atoms with Gasteiger partial charge in [-0.25, -0.2) is 0 Å². The molecule has 2 aliphatic rings. The molecule has 1 aromatic rings. The van der Waals surface area contributed by atoms with Gasteiger partial charge in [-0.15, -0.1) is 0 Å². The molecule has 0 radical (unpaired) electrons. The van der Waals surface area contributed by atoms with Gasteiger partial charge >= 0.3 is 0 Å². The molecule has 3 rings (SSSR count). The Labute approximate surface area is 124 Å². The van der Waals surface area contributed by atoms with Gasteiger partial charge in [0, 0.05) is 24.3 Å². The lowest BCUT2D eigenvalue weighted by molar-refractivity contribution is -0.120. The molecule has 2 amide bonds. The highest BCUT2D eigenvalue weighted by molar-refractivity contribution is 5.95. The van der Waals surface area contributed by atoms with E-state index in [4.69, 9.17) is 0 Å². The van der Waals surface area contributed by atoms with Gasteiger partial charge in [0.2, 0.25) is 11.8 Å². The highest BCUT2D eigenvalue weighted by Crippen LogP contribution is 2.26. The predicted octanol–water partition coefficient (Wildman–Crippen LogP) is 1.90. The first kappa shape index (κ1) is 14.1. The molecule has 1 saturated heterocycles. The summed E-state index contributed by atoms with van der Waals surface area (Å²) in [6.45, 7) is 1.76. The fourth-order valence-electron chi connectivity index (χ4n) is 2.97. The van der Waals surface area contributed by atoms with Crippen molar-refractivity contribution in [3.63, 3.8) is 0 Å². The molecule has 0 spiro atoms. The van der Waals surface area contributed by atoms with Crippen LogP contribution in [0.1, 0.15) is 31.2 Å². The van der Waals surface area contributed by atoms with Gasteiger partial charge in [-0.05, 0) is 56.0 Å². The zero-order valence-corrected chi connectivity index (χ0v) is 12.1. The van der Waals surface area contributed by atoms with Crippen LogP contribution in [0.4, 0.5) is 11.4 Å². The number of aryl methyl sites for hydroxylation is 1. The van der Waals surface area contributed by atoms with Crippen molar-refractivity contribution in [3.05, 3.63) is 23.8 Å². The molecule has 112 valence electrons. The Kier molecular flexibility index (Phi) is 4.20. The molecule has 1 unspecified atom stereocenters. The molecular weight excluding hydrogens is 266 g/mol. The molecule has 21 heavy (non-hydrogen) atoms. The molecule has 1 aromatic carbocycles. The lowest BCUT2D eigenvalue weighted by Crippen LogP contribution is -2.37. The maximum atomic E-state index is 12.2. The molecule has 2 aliphatic heterocycles. The molecule has 5 heteroatoms. The number of fused-ring (bicyclic) bond motifs is 1. The summed E-state index contributed by atoms with van der Waals surface area (Å²) >= 11 is 0. The third kappa shape index (κ3) is 3.42. The van der Waals surface area contributed by atoms with E-state index in [-0.39, 0.29) is 17.7 Å². The Hall–Kier alpha value is -1.88. The summed E-state index contributed by atoms with van der Waals surface area (Å²) in [5, 5.41) is 9.16. The molecule has 0 bridgehead atoms. The van der Waals surface area contributed by atoms with Crippen LogP contribution in [0.25, 0.3) is 0 Å². The zero-order chi connectivity index (χ0) is 14.7. The van der Waals surface area contributed by atoms with E-state index in [0.29, 0.717) is 6.42 Å². The largest absolute Gasteiger partial charge is 0.326 e. The minimum atomic E-state index is 0.0530. The highest BCUT2D eigenvalue weighted by Gasteiger charge is 2.21. The van der Waals surface area contributed by atoms with Gasteiger partial charge < -0.3 is 16.0 Å². The van der Waals surface area contributed by atoms with Crippen LogP contribution >= 0.6 is 0 Å². The summed E-state index contributed by atoms with van der Waals surface area (Å²) in [5.74, 6) is 0.205. The number of rotatable bonds is 2. The van der Waals surface area contributed by atoms with E-state index in [2.05, 4.69) is 16.0 Å². The van der Waals surface area contributed by atoms with Crippen molar-refractivity contribution < 1.29 is 9.59 Å². The third-order valence-corrected chi connectivity index (χ3v) is 4.16. The van der Waals surface area contributed by atoms with E-state index in [1.54, 1.807) is 0 Å². The minimum Gasteiger partial charge on any atom is -0.326 e. The quantitative estimate of drug-likeness (QED) is 0.778. The molecule has 1 fully saturated rings. The second-order valence-corrected chi connectivity index (χ2v) is 5.81. The fourth-order valence-corrected chi connectivity index (χ4v) is 2.97. The fraction of sp³-hybridized carbons (Fsp3) is 0.500. The van der Waals surface area contributed by atoms with Crippen molar-refractivity contribution in [2.24, 2.45) is 5.92 Å². The third-order valence-electron chi connectivity index (χ3n) is 4.16. The lowest BCUT2D eigenvalue weighted by atomic mass is 9.98. The number of nitrogens with one attached hydrogen (secondary N) is 3. The standard InChI is InChI=1S/C16H21N3O2/c20-15-5-1-3-11-9-13(6-7-14(11)19-15)18-16(21)12-4-2-8-17-10-12/h6-7,9,12,17H,1-5,8,10H2,(H,18,21)(H,19,20). The molecule has 2 heterocycles. The van der Waals surface area contributed by atoms with Gasteiger partial charge in [0.05, 0.1) is 5.92 Å². The number of amides is 2. The molecule has 1 atom stereocenters. The number of benzene rings is 1. The van der Waals surface area contributed by atoms with E-state index in [9.17, 15) is 9.59 Å². The van der Waals surface area contributed by atoms with E-state index < -0.39 is 0 Å².